The van der Waals surface area contributed by atoms with Crippen LogP contribution in [0.3, 0.4) is 0 Å². The van der Waals surface area contributed by atoms with Crippen LogP contribution in [0.4, 0.5) is 0 Å². The number of hydrogen-bond donors (Lipinski definition) is 2. The molecule has 146 valence electrons. The van der Waals surface area contributed by atoms with Crippen molar-refractivity contribution in [3.05, 3.63) is 45.3 Å². The summed E-state index contributed by atoms with van der Waals surface area (Å²) in [6.45, 7) is 11.8. The van der Waals surface area contributed by atoms with Gasteiger partial charge in [0.25, 0.3) is 5.91 Å². The molecule has 1 aromatic rings. The minimum absolute atomic E-state index is 0.266. The van der Waals surface area contributed by atoms with Gasteiger partial charge in [-0.15, -0.1) is 0 Å². The number of hydrogen-bond acceptors (Lipinski definition) is 4. The molecular formula is C21H27NO4S. The fourth-order valence-electron chi connectivity index (χ4n) is 2.84. The Morgan fingerprint density at radius 1 is 1.11 bits per heavy atom. The summed E-state index contributed by atoms with van der Waals surface area (Å²) in [5, 5.41) is 21.5. The summed E-state index contributed by atoms with van der Waals surface area (Å²) in [4.78, 5) is 25.1. The Morgan fingerprint density at radius 3 is 2.07 bits per heavy atom. The average Bonchev–Trinajstić information content (AvgIpc) is 2.50. The second-order valence-electron chi connectivity index (χ2n) is 8.70. The quantitative estimate of drug-likeness (QED) is 0.746. The Labute approximate surface area is 164 Å². The first kappa shape index (κ1) is 21.1. The van der Waals surface area contributed by atoms with E-state index in [1.807, 2.05) is 53.7 Å². The maximum absolute atomic E-state index is 12.6. The van der Waals surface area contributed by atoms with Gasteiger partial charge in [0.05, 0.1) is 4.91 Å². The third-order valence-electron chi connectivity index (χ3n) is 4.26. The van der Waals surface area contributed by atoms with E-state index >= 15 is 0 Å². The minimum atomic E-state index is -1.06. The highest BCUT2D eigenvalue weighted by atomic mass is 32.2. The van der Waals surface area contributed by atoms with Crippen molar-refractivity contribution in [2.45, 2.75) is 52.4 Å². The molecule has 0 aromatic heterocycles. The van der Waals surface area contributed by atoms with Crippen molar-refractivity contribution in [1.82, 2.24) is 4.90 Å². The lowest BCUT2D eigenvalue weighted by Gasteiger charge is -2.28. The molecule has 1 heterocycles. The monoisotopic (exact) mass is 389 g/mol. The van der Waals surface area contributed by atoms with E-state index in [0.29, 0.717) is 4.91 Å². The molecule has 0 radical (unpaired) electrons. The molecule has 6 heteroatoms. The molecular weight excluding hydrogens is 362 g/mol. The van der Waals surface area contributed by atoms with Crippen LogP contribution in [0.5, 0.6) is 5.75 Å². The molecule has 1 aromatic carbocycles. The number of thioether (sulfide) groups is 1. The highest BCUT2D eigenvalue weighted by Crippen LogP contribution is 2.40. The summed E-state index contributed by atoms with van der Waals surface area (Å²) in [6, 6.07) is 3.79. The van der Waals surface area contributed by atoms with Gasteiger partial charge in [-0.25, -0.2) is 0 Å². The predicted octanol–water partition coefficient (Wildman–Crippen LogP) is 4.46. The van der Waals surface area contributed by atoms with Crippen LogP contribution in [0.1, 0.15) is 58.2 Å². The average molecular weight is 390 g/mol. The molecule has 0 unspecified atom stereocenters. The summed E-state index contributed by atoms with van der Waals surface area (Å²) < 4.78 is 0. The number of nitrogens with zero attached hydrogens (tertiary/aromatic N) is 1. The molecule has 1 aliphatic heterocycles. The number of aromatic hydroxyl groups is 1. The van der Waals surface area contributed by atoms with Crippen molar-refractivity contribution < 1.29 is 19.8 Å². The van der Waals surface area contributed by atoms with Crippen molar-refractivity contribution in [3.8, 4) is 5.75 Å². The van der Waals surface area contributed by atoms with Crippen molar-refractivity contribution >= 4 is 29.7 Å². The van der Waals surface area contributed by atoms with E-state index in [0.717, 1.165) is 16.7 Å². The Balaban J connectivity index is 2.55. The first-order chi connectivity index (χ1) is 12.3. The minimum Gasteiger partial charge on any atom is -0.507 e. The standard InChI is InChI=1S/C21H27NO4S/c1-20(2,3)14-9-13(10-15(18(14)25)21(4,5)6)11-16-19(26)22(7-8-27-16)12-17(23)24/h7-11,25H,12H2,1-6H3,(H,23,24)/b16-11-. The molecule has 0 fully saturated rings. The number of carbonyl (C=O) groups excluding carboxylic acids is 1. The molecule has 1 aliphatic rings. The lowest BCUT2D eigenvalue weighted by molar-refractivity contribution is -0.141. The largest absolute Gasteiger partial charge is 0.507 e. The third-order valence-corrected chi connectivity index (χ3v) is 5.06. The SMILES string of the molecule is CC(C)(C)c1cc(/C=C2\SC=CN(CC(=O)O)C2=O)cc(C(C)(C)C)c1O. The Morgan fingerprint density at radius 2 is 1.63 bits per heavy atom. The molecule has 1 amide bonds. The maximum Gasteiger partial charge on any atom is 0.323 e. The molecule has 0 spiro atoms. The number of benzene rings is 1. The molecule has 5 nitrogen and oxygen atoms in total. The number of phenols is 1. The van der Waals surface area contributed by atoms with E-state index in [9.17, 15) is 14.7 Å². The van der Waals surface area contributed by atoms with Gasteiger partial charge >= 0.3 is 5.97 Å². The van der Waals surface area contributed by atoms with Crippen LogP contribution in [0.25, 0.3) is 6.08 Å². The molecule has 0 saturated carbocycles. The Bertz CT molecular complexity index is 791. The Hall–Kier alpha value is -2.21. The van der Waals surface area contributed by atoms with Gasteiger partial charge in [0, 0.05) is 17.3 Å². The van der Waals surface area contributed by atoms with Gasteiger partial charge in [0.2, 0.25) is 0 Å². The van der Waals surface area contributed by atoms with Crippen LogP contribution in [0.2, 0.25) is 0 Å². The van der Waals surface area contributed by atoms with Gasteiger partial charge in [0.1, 0.15) is 12.3 Å². The first-order valence-electron chi connectivity index (χ1n) is 8.76. The zero-order valence-electron chi connectivity index (χ0n) is 16.7. The van der Waals surface area contributed by atoms with Gasteiger partial charge in [-0.05, 0) is 40.0 Å². The molecule has 0 saturated heterocycles. The first-order valence-corrected chi connectivity index (χ1v) is 9.64. The zero-order valence-corrected chi connectivity index (χ0v) is 17.5. The number of phenolic OH excluding ortho intramolecular Hbond substituents is 1. The van der Waals surface area contributed by atoms with Crippen LogP contribution >= 0.6 is 11.8 Å². The second kappa shape index (κ2) is 7.43. The van der Waals surface area contributed by atoms with Crippen LogP contribution in [0.15, 0.2) is 28.6 Å². The normalized spacial score (nSPS) is 16.9. The van der Waals surface area contributed by atoms with Crippen LogP contribution in [-0.4, -0.2) is 33.5 Å². The van der Waals surface area contributed by atoms with Crippen LogP contribution < -0.4 is 0 Å². The predicted molar refractivity (Wildman–Crippen MR) is 110 cm³/mol. The van der Waals surface area contributed by atoms with E-state index < -0.39 is 5.97 Å². The number of carboxylic acid groups (broad SMARTS) is 1. The molecule has 27 heavy (non-hydrogen) atoms. The van der Waals surface area contributed by atoms with Crippen LogP contribution in [-0.2, 0) is 20.4 Å². The zero-order chi connectivity index (χ0) is 20.6. The van der Waals surface area contributed by atoms with E-state index in [1.54, 1.807) is 11.5 Å². The second-order valence-corrected chi connectivity index (χ2v) is 9.65. The molecule has 0 aliphatic carbocycles. The van der Waals surface area contributed by atoms with Crippen molar-refractivity contribution in [2.24, 2.45) is 0 Å². The molecule has 0 bridgehead atoms. The van der Waals surface area contributed by atoms with Gasteiger partial charge in [0.15, 0.2) is 0 Å². The van der Waals surface area contributed by atoms with Gasteiger partial charge < -0.3 is 15.1 Å². The van der Waals surface area contributed by atoms with E-state index in [1.165, 1.54) is 22.9 Å². The summed E-state index contributed by atoms with van der Waals surface area (Å²) in [6.07, 6.45) is 3.24. The molecule has 0 atom stereocenters. The van der Waals surface area contributed by atoms with Gasteiger partial charge in [-0.2, -0.15) is 0 Å². The van der Waals surface area contributed by atoms with Gasteiger partial charge in [-0.3, -0.25) is 9.59 Å². The van der Waals surface area contributed by atoms with E-state index in [-0.39, 0.29) is 29.0 Å². The fraction of sp³-hybridized carbons (Fsp3) is 0.429. The number of aliphatic carboxylic acids is 1. The summed E-state index contributed by atoms with van der Waals surface area (Å²) in [5.41, 5.74) is 1.90. The number of carbonyl (C=O) groups is 2. The van der Waals surface area contributed by atoms with Gasteiger partial charge in [-0.1, -0.05) is 53.3 Å². The lowest BCUT2D eigenvalue weighted by atomic mass is 9.78. The van der Waals surface area contributed by atoms with Crippen molar-refractivity contribution in [1.29, 1.82) is 0 Å². The lowest BCUT2D eigenvalue weighted by Crippen LogP contribution is -2.32. The fourth-order valence-corrected chi connectivity index (χ4v) is 3.61. The summed E-state index contributed by atoms with van der Waals surface area (Å²) in [7, 11) is 0. The summed E-state index contributed by atoms with van der Waals surface area (Å²) >= 11 is 1.26. The number of amides is 1. The molecule has 2 rings (SSSR count). The third kappa shape index (κ3) is 4.95. The Kier molecular flexibility index (Phi) is 5.80. The maximum atomic E-state index is 12.6. The highest BCUT2D eigenvalue weighted by molar-refractivity contribution is 8.06. The van der Waals surface area contributed by atoms with Crippen LogP contribution in [0, 0.1) is 0 Å². The topological polar surface area (TPSA) is 77.8 Å². The smallest absolute Gasteiger partial charge is 0.323 e. The molecule has 2 N–H and O–H groups in total. The van der Waals surface area contributed by atoms with Crippen molar-refractivity contribution in [3.63, 3.8) is 0 Å². The number of carboxylic acids is 1. The number of rotatable bonds is 3. The summed E-state index contributed by atoms with van der Waals surface area (Å²) in [5.74, 6) is -1.12. The highest BCUT2D eigenvalue weighted by Gasteiger charge is 2.27. The van der Waals surface area contributed by atoms with Crippen molar-refractivity contribution in [2.75, 3.05) is 6.54 Å². The van der Waals surface area contributed by atoms with E-state index in [4.69, 9.17) is 5.11 Å². The van der Waals surface area contributed by atoms with E-state index in [2.05, 4.69) is 0 Å².